The van der Waals surface area contributed by atoms with Crippen LogP contribution in [0.2, 0.25) is 0 Å². The SMILES string of the molecule is COc1cc(CNC(C2CC2)C2CC2)cc(OC)c1. The molecule has 0 unspecified atom stereocenters. The molecule has 0 bridgehead atoms. The first-order chi connectivity index (χ1) is 9.30. The van der Waals surface area contributed by atoms with Gasteiger partial charge in [0.1, 0.15) is 11.5 Å². The second-order valence-corrected chi connectivity index (χ2v) is 5.80. The third-order valence-electron chi connectivity index (χ3n) is 4.21. The largest absolute Gasteiger partial charge is 0.497 e. The molecule has 0 atom stereocenters. The molecular formula is C16H23NO2. The molecule has 0 heterocycles. The van der Waals surface area contributed by atoms with Gasteiger partial charge in [-0.3, -0.25) is 0 Å². The van der Waals surface area contributed by atoms with Gasteiger partial charge in [0, 0.05) is 18.7 Å². The summed E-state index contributed by atoms with van der Waals surface area (Å²) in [6.45, 7) is 0.908. The van der Waals surface area contributed by atoms with Gasteiger partial charge in [-0.25, -0.2) is 0 Å². The van der Waals surface area contributed by atoms with Crippen LogP contribution in [0.25, 0.3) is 0 Å². The highest BCUT2D eigenvalue weighted by Gasteiger charge is 2.40. The third-order valence-corrected chi connectivity index (χ3v) is 4.21. The smallest absolute Gasteiger partial charge is 0.122 e. The summed E-state index contributed by atoms with van der Waals surface area (Å²) in [6.07, 6.45) is 5.65. The molecule has 3 heteroatoms. The Hall–Kier alpha value is -1.22. The molecule has 2 saturated carbocycles. The Labute approximate surface area is 115 Å². The zero-order chi connectivity index (χ0) is 13.2. The van der Waals surface area contributed by atoms with Crippen molar-refractivity contribution in [2.24, 2.45) is 11.8 Å². The van der Waals surface area contributed by atoms with Crippen LogP contribution in [-0.4, -0.2) is 20.3 Å². The standard InChI is InChI=1S/C16H23NO2/c1-18-14-7-11(8-15(9-14)19-2)10-17-16(12-3-4-12)13-5-6-13/h7-9,12-13,16-17H,3-6,10H2,1-2H3. The second kappa shape index (κ2) is 5.41. The zero-order valence-corrected chi connectivity index (χ0v) is 11.8. The van der Waals surface area contributed by atoms with E-state index in [0.29, 0.717) is 0 Å². The normalized spacial score (nSPS) is 18.7. The first kappa shape index (κ1) is 12.8. The Balaban J connectivity index is 1.64. The van der Waals surface area contributed by atoms with Gasteiger partial charge in [0.2, 0.25) is 0 Å². The van der Waals surface area contributed by atoms with Gasteiger partial charge in [-0.2, -0.15) is 0 Å². The van der Waals surface area contributed by atoms with Crippen LogP contribution in [0.1, 0.15) is 31.2 Å². The van der Waals surface area contributed by atoms with E-state index in [1.807, 2.05) is 6.07 Å². The average molecular weight is 261 g/mol. The van der Waals surface area contributed by atoms with Crippen LogP contribution >= 0.6 is 0 Å². The summed E-state index contributed by atoms with van der Waals surface area (Å²) in [6, 6.07) is 6.83. The fraction of sp³-hybridized carbons (Fsp3) is 0.625. The molecule has 0 aliphatic heterocycles. The van der Waals surface area contributed by atoms with Crippen molar-refractivity contribution in [1.29, 1.82) is 0 Å². The molecular weight excluding hydrogens is 238 g/mol. The van der Waals surface area contributed by atoms with Crippen molar-refractivity contribution in [3.05, 3.63) is 23.8 Å². The molecule has 2 aliphatic rings. The third kappa shape index (κ3) is 3.21. The van der Waals surface area contributed by atoms with E-state index in [-0.39, 0.29) is 0 Å². The minimum absolute atomic E-state index is 0.734. The van der Waals surface area contributed by atoms with Crippen LogP contribution < -0.4 is 14.8 Å². The maximum Gasteiger partial charge on any atom is 0.122 e. The molecule has 1 aromatic rings. The van der Waals surface area contributed by atoms with Gasteiger partial charge in [0.25, 0.3) is 0 Å². The summed E-state index contributed by atoms with van der Waals surface area (Å²) in [7, 11) is 3.40. The molecule has 0 saturated heterocycles. The highest BCUT2D eigenvalue weighted by Crippen LogP contribution is 2.44. The van der Waals surface area contributed by atoms with E-state index >= 15 is 0 Å². The van der Waals surface area contributed by atoms with Crippen molar-refractivity contribution >= 4 is 0 Å². The molecule has 1 aromatic carbocycles. The highest BCUT2D eigenvalue weighted by atomic mass is 16.5. The van der Waals surface area contributed by atoms with Gasteiger partial charge in [0.05, 0.1) is 14.2 Å². The average Bonchev–Trinajstić information content (AvgIpc) is 3.30. The topological polar surface area (TPSA) is 30.5 Å². The van der Waals surface area contributed by atoms with Crippen LogP contribution in [0.15, 0.2) is 18.2 Å². The zero-order valence-electron chi connectivity index (χ0n) is 11.8. The summed E-state index contributed by atoms with van der Waals surface area (Å²) < 4.78 is 10.6. The highest BCUT2D eigenvalue weighted by molar-refractivity contribution is 5.38. The summed E-state index contributed by atoms with van der Waals surface area (Å²) in [4.78, 5) is 0. The Kier molecular flexibility index (Phi) is 3.65. The van der Waals surface area contributed by atoms with E-state index in [1.54, 1.807) is 14.2 Å². The van der Waals surface area contributed by atoms with Crippen molar-refractivity contribution < 1.29 is 9.47 Å². The van der Waals surface area contributed by atoms with E-state index in [4.69, 9.17) is 9.47 Å². The number of benzene rings is 1. The summed E-state index contributed by atoms with van der Waals surface area (Å²) in [5, 5.41) is 3.75. The van der Waals surface area contributed by atoms with Crippen molar-refractivity contribution in [2.75, 3.05) is 14.2 Å². The van der Waals surface area contributed by atoms with Gasteiger partial charge in [-0.15, -0.1) is 0 Å². The lowest BCUT2D eigenvalue weighted by Crippen LogP contribution is -2.32. The van der Waals surface area contributed by atoms with E-state index in [0.717, 1.165) is 35.9 Å². The van der Waals surface area contributed by atoms with Crippen LogP contribution in [0.4, 0.5) is 0 Å². The van der Waals surface area contributed by atoms with Crippen molar-refractivity contribution in [3.8, 4) is 11.5 Å². The van der Waals surface area contributed by atoms with Crippen molar-refractivity contribution in [1.82, 2.24) is 5.32 Å². The molecule has 2 aliphatic carbocycles. The monoisotopic (exact) mass is 261 g/mol. The molecule has 0 amide bonds. The Morgan fingerprint density at radius 1 is 1.00 bits per heavy atom. The second-order valence-electron chi connectivity index (χ2n) is 5.80. The molecule has 3 rings (SSSR count). The molecule has 104 valence electrons. The number of hydrogen-bond donors (Lipinski definition) is 1. The van der Waals surface area contributed by atoms with Gasteiger partial charge < -0.3 is 14.8 Å². The van der Waals surface area contributed by atoms with Gasteiger partial charge in [0.15, 0.2) is 0 Å². The minimum atomic E-state index is 0.734. The van der Waals surface area contributed by atoms with E-state index in [2.05, 4.69) is 17.4 Å². The lowest BCUT2D eigenvalue weighted by Gasteiger charge is -2.18. The quantitative estimate of drug-likeness (QED) is 0.818. The van der Waals surface area contributed by atoms with Gasteiger partial charge in [-0.1, -0.05) is 0 Å². The summed E-state index contributed by atoms with van der Waals surface area (Å²) in [5.41, 5.74) is 1.24. The fourth-order valence-electron chi connectivity index (χ4n) is 2.83. The molecule has 0 aromatic heterocycles. The van der Waals surface area contributed by atoms with Gasteiger partial charge in [-0.05, 0) is 55.2 Å². The van der Waals surface area contributed by atoms with Gasteiger partial charge >= 0.3 is 0 Å². The number of nitrogens with one attached hydrogen (secondary N) is 1. The molecule has 2 fully saturated rings. The minimum Gasteiger partial charge on any atom is -0.497 e. The number of hydrogen-bond acceptors (Lipinski definition) is 3. The van der Waals surface area contributed by atoms with Crippen molar-refractivity contribution in [3.63, 3.8) is 0 Å². The molecule has 0 spiro atoms. The first-order valence-electron chi connectivity index (χ1n) is 7.25. The lowest BCUT2D eigenvalue weighted by molar-refractivity contribution is 0.389. The predicted octanol–water partition coefficient (Wildman–Crippen LogP) is 2.98. The number of ether oxygens (including phenoxy) is 2. The maximum atomic E-state index is 5.32. The van der Waals surface area contributed by atoms with Crippen molar-refractivity contribution in [2.45, 2.75) is 38.3 Å². The maximum absolute atomic E-state index is 5.32. The Bertz CT molecular complexity index is 404. The van der Waals surface area contributed by atoms with E-state index in [1.165, 1.54) is 31.2 Å². The summed E-state index contributed by atoms with van der Waals surface area (Å²) >= 11 is 0. The number of rotatable bonds is 7. The Morgan fingerprint density at radius 2 is 1.53 bits per heavy atom. The fourth-order valence-corrected chi connectivity index (χ4v) is 2.83. The Morgan fingerprint density at radius 3 is 1.95 bits per heavy atom. The summed E-state index contributed by atoms with van der Waals surface area (Å²) in [5.74, 6) is 3.59. The predicted molar refractivity (Wildman–Crippen MR) is 75.6 cm³/mol. The van der Waals surface area contributed by atoms with Crippen LogP contribution in [0, 0.1) is 11.8 Å². The number of methoxy groups -OCH3 is 2. The van der Waals surface area contributed by atoms with Crippen LogP contribution in [-0.2, 0) is 6.54 Å². The van der Waals surface area contributed by atoms with Crippen LogP contribution in [0.3, 0.4) is 0 Å². The van der Waals surface area contributed by atoms with Crippen LogP contribution in [0.5, 0.6) is 11.5 Å². The molecule has 3 nitrogen and oxygen atoms in total. The van der Waals surface area contributed by atoms with E-state index < -0.39 is 0 Å². The molecule has 0 radical (unpaired) electrons. The lowest BCUT2D eigenvalue weighted by atomic mass is 10.1. The van der Waals surface area contributed by atoms with E-state index in [9.17, 15) is 0 Å². The molecule has 19 heavy (non-hydrogen) atoms. The first-order valence-corrected chi connectivity index (χ1v) is 7.25. The molecule has 1 N–H and O–H groups in total.